The highest BCUT2D eigenvalue weighted by Crippen LogP contribution is 2.47. The molecule has 7 aromatic rings. The van der Waals surface area contributed by atoms with Crippen molar-refractivity contribution < 1.29 is 35.4 Å². The van der Waals surface area contributed by atoms with Gasteiger partial charge in [0.25, 0.3) is 0 Å². The molecule has 0 spiro atoms. The number of thioether (sulfide) groups is 1. The van der Waals surface area contributed by atoms with Crippen LogP contribution in [0.4, 0.5) is 56.0 Å². The zero-order chi connectivity index (χ0) is 50.8. The van der Waals surface area contributed by atoms with Crippen LogP contribution in [-0.4, -0.2) is 95.3 Å². The van der Waals surface area contributed by atoms with E-state index in [1.54, 1.807) is 52.0 Å². The van der Waals surface area contributed by atoms with Gasteiger partial charge in [-0.25, -0.2) is 0 Å². The van der Waals surface area contributed by atoms with Crippen molar-refractivity contribution in [3.8, 4) is 11.5 Å². The molecule has 4 N–H and O–H groups in total. The summed E-state index contributed by atoms with van der Waals surface area (Å²) in [5.41, 5.74) is 3.86. The van der Waals surface area contributed by atoms with E-state index in [1.165, 1.54) is 6.42 Å². The van der Waals surface area contributed by atoms with Crippen LogP contribution in [0, 0.1) is 13.8 Å². The first-order chi connectivity index (χ1) is 34.0. The topological polar surface area (TPSA) is 272 Å². The van der Waals surface area contributed by atoms with Crippen LogP contribution < -0.4 is 29.9 Å². The lowest BCUT2D eigenvalue weighted by Gasteiger charge is -2.25. The molecule has 0 radical (unpaired) electrons. The molecule has 1 aliphatic carbocycles. The van der Waals surface area contributed by atoms with E-state index in [1.807, 2.05) is 39.8 Å². The van der Waals surface area contributed by atoms with E-state index in [9.17, 15) is 25.9 Å². The van der Waals surface area contributed by atoms with Crippen molar-refractivity contribution in [3.63, 3.8) is 0 Å². The number of fused-ring (bicyclic) bond motifs is 2. The number of anilines is 6. The molecule has 0 bridgehead atoms. The fourth-order valence-electron chi connectivity index (χ4n) is 8.20. The molecular formula is C43H51N13O8S7. The highest BCUT2D eigenvalue weighted by molar-refractivity contribution is 7.99. The number of hydrogen-bond donors (Lipinski definition) is 4. The third-order valence-corrected chi connectivity index (χ3v) is 19.9. The largest absolute Gasteiger partial charge is 0.494 e. The molecule has 1 fully saturated rings. The Kier molecular flexibility index (Phi) is 16.1. The summed E-state index contributed by atoms with van der Waals surface area (Å²) < 4.78 is 88.6. The normalized spacial score (nSPS) is 13.8. The lowest BCUT2D eigenvalue weighted by molar-refractivity contribution is 0.414. The van der Waals surface area contributed by atoms with Crippen molar-refractivity contribution >= 4 is 154 Å². The number of azo groups is 2. The Balaban J connectivity index is 1.25. The molecule has 0 saturated heterocycles. The second-order valence-electron chi connectivity index (χ2n) is 16.0. The number of nitrogens with zero attached hydrogens (tertiary/aromatic N) is 11. The quantitative estimate of drug-likeness (QED) is 0.0408. The van der Waals surface area contributed by atoms with Crippen LogP contribution in [0.25, 0.3) is 20.4 Å². The molecule has 2 aromatic carbocycles. The van der Waals surface area contributed by atoms with Gasteiger partial charge in [-0.1, -0.05) is 53.7 Å². The van der Waals surface area contributed by atoms with E-state index < -0.39 is 20.2 Å². The van der Waals surface area contributed by atoms with Crippen LogP contribution in [0.2, 0.25) is 0 Å². The van der Waals surface area contributed by atoms with Crippen LogP contribution >= 0.6 is 57.5 Å². The number of aryl methyl sites for hydroxylation is 2. The number of hydrogen-bond acceptors (Lipinski definition) is 24. The molecule has 5 aromatic heterocycles. The van der Waals surface area contributed by atoms with Gasteiger partial charge in [-0.15, -0.1) is 20.5 Å². The number of benzene rings is 2. The summed E-state index contributed by atoms with van der Waals surface area (Å²) in [4.78, 5) is 19.9. The molecule has 1 aliphatic rings. The number of rotatable bonds is 20. The Morgan fingerprint density at radius 3 is 1.46 bits per heavy atom. The fourth-order valence-corrected chi connectivity index (χ4v) is 15.2. The number of aromatic nitrogens is 5. The highest BCUT2D eigenvalue weighted by atomic mass is 32.3. The van der Waals surface area contributed by atoms with Crippen molar-refractivity contribution in [1.82, 2.24) is 23.7 Å². The monoisotopic (exact) mass is 1100 g/mol. The molecule has 28 heteroatoms. The fraction of sp³-hybridized carbons (Fsp3) is 0.419. The summed E-state index contributed by atoms with van der Waals surface area (Å²) in [5.74, 6) is 1.45. The van der Waals surface area contributed by atoms with Gasteiger partial charge in [-0.05, 0) is 101 Å². The minimum atomic E-state index is -4.48. The molecule has 0 unspecified atom stereocenters. The highest BCUT2D eigenvalue weighted by Gasteiger charge is 2.27. The van der Waals surface area contributed by atoms with Crippen LogP contribution in [-0.2, 0) is 20.2 Å². The molecular weight excluding hydrogens is 1050 g/mol. The van der Waals surface area contributed by atoms with E-state index in [2.05, 4.69) is 49.6 Å². The first-order valence-corrected chi connectivity index (χ1v) is 29.4. The maximum absolute atomic E-state index is 12.2. The maximum atomic E-state index is 12.2. The maximum Gasteiger partial charge on any atom is 0.304 e. The third-order valence-electron chi connectivity index (χ3n) is 11.7. The van der Waals surface area contributed by atoms with E-state index in [0.29, 0.717) is 107 Å². The van der Waals surface area contributed by atoms with Crippen molar-refractivity contribution in [2.45, 2.75) is 92.5 Å². The Bertz CT molecular complexity index is 3170. The summed E-state index contributed by atoms with van der Waals surface area (Å²) in [5, 5.41) is 27.7. The van der Waals surface area contributed by atoms with Gasteiger partial charge in [0.2, 0.25) is 11.9 Å². The molecule has 378 valence electrons. The standard InChI is InChI=1S/C43H51N13O8S7/c1-9-55(10-2)29-18-25(27(20-31(29)63-7)49-51-35-33-22(5)39(70(57,58)59)66-37(33)53-68-35)44-41-46-42(48-43(47-41)65-24-16-14-13-15-17-24)45-26-19-30(56(11-3)12-4)32(64-8)21-28(26)50-52-36-34-23(6)40(71(60,61)62)67-38(34)54-69-36/h18-21,24H,9-17H2,1-8H3,(H,57,58,59)(H,60,61,62)(H2,44,45,46,47,48). The van der Waals surface area contributed by atoms with Gasteiger partial charge in [0, 0.05) is 43.6 Å². The van der Waals surface area contributed by atoms with Crippen LogP contribution in [0.3, 0.4) is 0 Å². The van der Waals surface area contributed by atoms with Crippen LogP contribution in [0.5, 0.6) is 11.5 Å². The molecule has 0 atom stereocenters. The number of nitrogens with one attached hydrogen (secondary N) is 2. The van der Waals surface area contributed by atoms with Gasteiger partial charge >= 0.3 is 20.2 Å². The van der Waals surface area contributed by atoms with Gasteiger partial charge in [-0.2, -0.15) is 40.5 Å². The molecule has 1 saturated carbocycles. The van der Waals surface area contributed by atoms with Crippen LogP contribution in [0.1, 0.15) is 70.9 Å². The van der Waals surface area contributed by atoms with Crippen molar-refractivity contribution in [2.75, 3.05) is 60.8 Å². The second kappa shape index (κ2) is 21.9. The number of ether oxygens (including phenoxy) is 2. The van der Waals surface area contributed by atoms with Gasteiger partial charge in [0.05, 0.1) is 47.7 Å². The summed E-state index contributed by atoms with van der Waals surface area (Å²) in [6.45, 7) is 14.0. The molecule has 71 heavy (non-hydrogen) atoms. The number of thiophene rings is 2. The minimum Gasteiger partial charge on any atom is -0.494 e. The van der Waals surface area contributed by atoms with Gasteiger partial charge in [-0.3, -0.25) is 9.11 Å². The average molecular weight is 1100 g/mol. The summed E-state index contributed by atoms with van der Waals surface area (Å²) in [7, 11) is -5.81. The SMILES string of the molecule is CCN(CC)c1cc(Nc2nc(Nc3cc(N(CC)CC)c(OC)cc3N=Nc3snc4sc(S(=O)(=O)O)c(C)c34)nc(SC3CCCCC3)n2)c(N=Nc2snc3sc(S(=O)(=O)O)c(C)c23)cc1OC. The predicted octanol–water partition coefficient (Wildman–Crippen LogP) is 12.8. The lowest BCUT2D eigenvalue weighted by atomic mass is 10.0. The Morgan fingerprint density at radius 1 is 0.662 bits per heavy atom. The van der Waals surface area contributed by atoms with Gasteiger partial charge in [0.15, 0.2) is 23.6 Å². The summed E-state index contributed by atoms with van der Waals surface area (Å²) in [6, 6.07) is 7.29. The average Bonchev–Trinajstić information content (AvgIpc) is 4.11. The lowest BCUT2D eigenvalue weighted by Crippen LogP contribution is -2.22. The summed E-state index contributed by atoms with van der Waals surface area (Å²) in [6.07, 6.45) is 5.39. The summed E-state index contributed by atoms with van der Waals surface area (Å²) >= 11 is 5.42. The Labute approximate surface area is 431 Å². The van der Waals surface area contributed by atoms with Gasteiger partial charge < -0.3 is 29.9 Å². The molecule has 21 nitrogen and oxygen atoms in total. The van der Waals surface area contributed by atoms with E-state index in [4.69, 9.17) is 24.4 Å². The predicted molar refractivity (Wildman–Crippen MR) is 285 cm³/mol. The number of methoxy groups -OCH3 is 2. The Morgan fingerprint density at radius 2 is 1.08 bits per heavy atom. The van der Waals surface area contributed by atoms with Gasteiger partial charge in [0.1, 0.15) is 32.5 Å². The first-order valence-electron chi connectivity index (χ1n) is 22.4. The smallest absolute Gasteiger partial charge is 0.304 e. The first kappa shape index (κ1) is 52.1. The Hall–Kier alpha value is -5.20. The zero-order valence-corrected chi connectivity index (χ0v) is 45.6. The van der Waals surface area contributed by atoms with Crippen molar-refractivity contribution in [1.29, 1.82) is 0 Å². The second-order valence-corrected chi connectivity index (χ2v) is 24.0. The molecule has 0 amide bonds. The molecule has 5 heterocycles. The van der Waals surface area contributed by atoms with Crippen molar-refractivity contribution in [2.24, 2.45) is 20.5 Å². The third kappa shape index (κ3) is 11.2. The van der Waals surface area contributed by atoms with E-state index in [-0.39, 0.29) is 25.6 Å². The van der Waals surface area contributed by atoms with E-state index in [0.717, 1.165) is 82.8 Å². The van der Waals surface area contributed by atoms with E-state index >= 15 is 0 Å². The zero-order valence-electron chi connectivity index (χ0n) is 39.9. The van der Waals surface area contributed by atoms with Crippen molar-refractivity contribution in [3.05, 3.63) is 35.4 Å². The molecule has 8 rings (SSSR count). The minimum absolute atomic E-state index is 0.190. The van der Waals surface area contributed by atoms with Crippen LogP contribution in [0.15, 0.2) is 58.3 Å². The molecule has 0 aliphatic heterocycles.